The lowest BCUT2D eigenvalue weighted by atomic mass is 9.95. The molecule has 0 saturated heterocycles. The monoisotopic (exact) mass is 731 g/mol. The minimum absolute atomic E-state index is 1.10. The zero-order valence-electron chi connectivity index (χ0n) is 30.7. The summed E-state index contributed by atoms with van der Waals surface area (Å²) in [5.74, 6) is 0. The number of nitrogens with zero attached hydrogens (tertiary/aromatic N) is 1. The maximum absolute atomic E-state index is 2.47. The average Bonchev–Trinajstić information content (AvgIpc) is 3.67. The fourth-order valence-electron chi connectivity index (χ4n) is 7.93. The first-order chi connectivity index (χ1) is 27.8. The van der Waals surface area contributed by atoms with E-state index in [-0.39, 0.29) is 0 Å². The molecule has 10 aromatic rings. The van der Waals surface area contributed by atoms with Gasteiger partial charge in [-0.2, -0.15) is 0 Å². The van der Waals surface area contributed by atoms with Gasteiger partial charge in [0, 0.05) is 37.0 Å². The Morgan fingerprint density at radius 1 is 0.286 bits per heavy atom. The normalized spacial score (nSPS) is 11.2. The van der Waals surface area contributed by atoms with Crippen molar-refractivity contribution in [3.8, 4) is 55.6 Å². The third-order valence-electron chi connectivity index (χ3n) is 10.7. The van der Waals surface area contributed by atoms with Crippen LogP contribution in [0.3, 0.4) is 0 Å². The van der Waals surface area contributed by atoms with E-state index in [2.05, 4.69) is 229 Å². The molecule has 0 N–H and O–H groups in total. The van der Waals surface area contributed by atoms with E-state index in [9.17, 15) is 0 Å². The van der Waals surface area contributed by atoms with Gasteiger partial charge in [0.2, 0.25) is 0 Å². The molecule has 0 spiro atoms. The summed E-state index contributed by atoms with van der Waals surface area (Å²) >= 11 is 1.88. The second-order valence-electron chi connectivity index (χ2n) is 14.1. The molecule has 0 amide bonds. The summed E-state index contributed by atoms with van der Waals surface area (Å²) in [5.41, 5.74) is 15.4. The van der Waals surface area contributed by atoms with Crippen LogP contribution in [0.2, 0.25) is 0 Å². The fraction of sp³-hybridized carbons (Fsp3) is 0. The molecular weight excluding hydrogens is 695 g/mol. The van der Waals surface area contributed by atoms with Crippen LogP contribution < -0.4 is 4.90 Å². The second kappa shape index (κ2) is 14.7. The predicted molar refractivity (Wildman–Crippen MR) is 241 cm³/mol. The fourth-order valence-corrected chi connectivity index (χ4v) is 9.20. The van der Waals surface area contributed by atoms with Crippen LogP contribution in [0.5, 0.6) is 0 Å². The van der Waals surface area contributed by atoms with Crippen molar-refractivity contribution in [2.75, 3.05) is 4.90 Å². The Balaban J connectivity index is 1.17. The first-order valence-corrected chi connectivity index (χ1v) is 19.9. The number of anilines is 3. The van der Waals surface area contributed by atoms with Gasteiger partial charge in [0.05, 0.1) is 11.4 Å². The van der Waals surface area contributed by atoms with E-state index in [0.29, 0.717) is 0 Å². The molecule has 9 aromatic carbocycles. The van der Waals surface area contributed by atoms with Gasteiger partial charge in [-0.1, -0.05) is 194 Å². The standard InChI is InChI=1S/C54H37NS/c1-4-14-38(15-5-1)40-24-26-42(27-25-40)43-32-34-46(35-33-43)55(50-22-12-10-20-47(50)44-18-8-3-9-19-44)51-37-36-49-48-21-11-13-23-52(48)56-54(49)53(51)45-30-28-41(29-31-45)39-16-6-2-7-17-39/h1-37H. The molecule has 0 saturated carbocycles. The maximum atomic E-state index is 2.47. The molecule has 0 unspecified atom stereocenters. The number of thiophene rings is 1. The van der Waals surface area contributed by atoms with Crippen molar-refractivity contribution in [1.29, 1.82) is 0 Å². The Bertz CT molecular complexity index is 2910. The van der Waals surface area contributed by atoms with Gasteiger partial charge in [-0.15, -0.1) is 11.3 Å². The molecule has 10 rings (SSSR count). The first kappa shape index (κ1) is 33.6. The van der Waals surface area contributed by atoms with Gasteiger partial charge in [-0.05, 0) is 74.8 Å². The van der Waals surface area contributed by atoms with Crippen molar-refractivity contribution in [2.45, 2.75) is 0 Å². The van der Waals surface area contributed by atoms with Gasteiger partial charge in [0.1, 0.15) is 0 Å². The molecule has 2 heteroatoms. The summed E-state index contributed by atoms with van der Waals surface area (Å²) in [5, 5.41) is 2.57. The van der Waals surface area contributed by atoms with Crippen molar-refractivity contribution in [3.63, 3.8) is 0 Å². The Labute approximate surface area is 332 Å². The summed E-state index contributed by atoms with van der Waals surface area (Å²) in [6, 6.07) is 81.3. The van der Waals surface area contributed by atoms with Gasteiger partial charge in [0.15, 0.2) is 0 Å². The summed E-state index contributed by atoms with van der Waals surface area (Å²) in [6.45, 7) is 0. The summed E-state index contributed by atoms with van der Waals surface area (Å²) in [6.07, 6.45) is 0. The molecule has 0 aliphatic heterocycles. The van der Waals surface area contributed by atoms with E-state index < -0.39 is 0 Å². The third-order valence-corrected chi connectivity index (χ3v) is 11.9. The van der Waals surface area contributed by atoms with Crippen molar-refractivity contribution in [1.82, 2.24) is 0 Å². The highest BCUT2D eigenvalue weighted by Crippen LogP contribution is 2.50. The Morgan fingerprint density at radius 2 is 0.732 bits per heavy atom. The molecule has 0 fully saturated rings. The second-order valence-corrected chi connectivity index (χ2v) is 15.1. The molecule has 0 bridgehead atoms. The predicted octanol–water partition coefficient (Wildman–Crippen LogP) is 15.9. The SMILES string of the molecule is c1ccc(-c2ccc(-c3ccc(N(c4ccccc4-c4ccccc4)c4ccc5c(sc6ccccc65)c4-c4ccc(-c5ccccc5)cc4)cc3)cc2)cc1. The quantitative estimate of drug-likeness (QED) is 0.150. The highest BCUT2D eigenvalue weighted by Gasteiger charge is 2.24. The molecular formula is C54H37NS. The molecule has 264 valence electrons. The number of hydrogen-bond acceptors (Lipinski definition) is 2. The van der Waals surface area contributed by atoms with Gasteiger partial charge >= 0.3 is 0 Å². The summed E-state index contributed by atoms with van der Waals surface area (Å²) in [4.78, 5) is 2.47. The van der Waals surface area contributed by atoms with Crippen LogP contribution in [0.4, 0.5) is 17.1 Å². The van der Waals surface area contributed by atoms with Crippen molar-refractivity contribution < 1.29 is 0 Å². The molecule has 56 heavy (non-hydrogen) atoms. The zero-order valence-corrected chi connectivity index (χ0v) is 31.5. The van der Waals surface area contributed by atoms with Gasteiger partial charge in [0.25, 0.3) is 0 Å². The Hall–Kier alpha value is -7.00. The number of rotatable bonds is 8. The van der Waals surface area contributed by atoms with Gasteiger partial charge in [-0.3, -0.25) is 0 Å². The van der Waals surface area contributed by atoms with Crippen molar-refractivity contribution >= 4 is 48.6 Å². The molecule has 1 aromatic heterocycles. The largest absolute Gasteiger partial charge is 0.309 e. The van der Waals surface area contributed by atoms with Gasteiger partial charge < -0.3 is 4.90 Å². The molecule has 1 nitrogen and oxygen atoms in total. The highest BCUT2D eigenvalue weighted by atomic mass is 32.1. The molecule has 0 radical (unpaired) electrons. The van der Waals surface area contributed by atoms with E-state index in [0.717, 1.165) is 17.1 Å². The lowest BCUT2D eigenvalue weighted by Gasteiger charge is -2.30. The van der Waals surface area contributed by atoms with Crippen LogP contribution in [0, 0.1) is 0 Å². The topological polar surface area (TPSA) is 3.24 Å². The molecule has 0 aliphatic rings. The molecule has 1 heterocycles. The van der Waals surface area contributed by atoms with Crippen LogP contribution in [0.1, 0.15) is 0 Å². The number of fused-ring (bicyclic) bond motifs is 3. The lowest BCUT2D eigenvalue weighted by molar-refractivity contribution is 1.29. The molecule has 0 aliphatic carbocycles. The van der Waals surface area contributed by atoms with E-state index in [1.165, 1.54) is 75.8 Å². The summed E-state index contributed by atoms with van der Waals surface area (Å²) in [7, 11) is 0. The maximum Gasteiger partial charge on any atom is 0.0554 e. The zero-order chi connectivity index (χ0) is 37.3. The van der Waals surface area contributed by atoms with Crippen LogP contribution >= 0.6 is 11.3 Å². The van der Waals surface area contributed by atoms with E-state index in [4.69, 9.17) is 0 Å². The number of benzene rings is 9. The minimum Gasteiger partial charge on any atom is -0.309 e. The van der Waals surface area contributed by atoms with Crippen LogP contribution in [-0.2, 0) is 0 Å². The average molecular weight is 732 g/mol. The summed E-state index contributed by atoms with van der Waals surface area (Å²) < 4.78 is 2.58. The van der Waals surface area contributed by atoms with E-state index >= 15 is 0 Å². The van der Waals surface area contributed by atoms with E-state index in [1.54, 1.807) is 0 Å². The molecule has 0 atom stereocenters. The van der Waals surface area contributed by atoms with Gasteiger partial charge in [-0.25, -0.2) is 0 Å². The lowest BCUT2D eigenvalue weighted by Crippen LogP contribution is -2.12. The Morgan fingerprint density at radius 3 is 1.32 bits per heavy atom. The van der Waals surface area contributed by atoms with Crippen molar-refractivity contribution in [3.05, 3.63) is 224 Å². The Kier molecular flexibility index (Phi) is 8.79. The minimum atomic E-state index is 1.10. The smallest absolute Gasteiger partial charge is 0.0554 e. The highest BCUT2D eigenvalue weighted by molar-refractivity contribution is 7.26. The van der Waals surface area contributed by atoms with Crippen molar-refractivity contribution in [2.24, 2.45) is 0 Å². The first-order valence-electron chi connectivity index (χ1n) is 19.1. The van der Waals surface area contributed by atoms with Crippen LogP contribution in [0.25, 0.3) is 75.8 Å². The van der Waals surface area contributed by atoms with Crippen LogP contribution in [0.15, 0.2) is 224 Å². The third kappa shape index (κ3) is 6.26. The number of hydrogen-bond donors (Lipinski definition) is 0. The number of para-hydroxylation sites is 1. The van der Waals surface area contributed by atoms with Crippen LogP contribution in [-0.4, -0.2) is 0 Å². The van der Waals surface area contributed by atoms with E-state index in [1.807, 2.05) is 11.3 Å².